The van der Waals surface area contributed by atoms with Crippen LogP contribution in [0.2, 0.25) is 0 Å². The SMILES string of the molecule is COC(=O)C1CCN(C(=O)c2cc[n+]([O-])cc2)CC1. The Bertz CT molecular complexity index is 464. The first-order chi connectivity index (χ1) is 9.11. The van der Waals surface area contributed by atoms with Gasteiger partial charge in [-0.25, -0.2) is 0 Å². The van der Waals surface area contributed by atoms with Gasteiger partial charge >= 0.3 is 5.97 Å². The van der Waals surface area contributed by atoms with Crippen LogP contribution in [-0.4, -0.2) is 37.0 Å². The molecule has 19 heavy (non-hydrogen) atoms. The van der Waals surface area contributed by atoms with Gasteiger partial charge in [0.1, 0.15) is 0 Å². The second-order valence-corrected chi connectivity index (χ2v) is 4.54. The van der Waals surface area contributed by atoms with Gasteiger partial charge in [-0.2, -0.15) is 4.73 Å². The van der Waals surface area contributed by atoms with Crippen LogP contribution in [0.15, 0.2) is 24.5 Å². The van der Waals surface area contributed by atoms with Gasteiger partial charge < -0.3 is 14.8 Å². The molecule has 102 valence electrons. The molecule has 0 saturated carbocycles. The molecule has 0 N–H and O–H groups in total. The lowest BCUT2D eigenvalue weighted by Crippen LogP contribution is -2.40. The van der Waals surface area contributed by atoms with Crippen molar-refractivity contribution < 1.29 is 19.1 Å². The molecule has 0 unspecified atom stereocenters. The summed E-state index contributed by atoms with van der Waals surface area (Å²) in [5.74, 6) is -0.434. The van der Waals surface area contributed by atoms with E-state index in [4.69, 9.17) is 4.74 Å². The van der Waals surface area contributed by atoms with Crippen LogP contribution >= 0.6 is 0 Å². The molecule has 2 heterocycles. The molecule has 1 fully saturated rings. The van der Waals surface area contributed by atoms with Crippen molar-refractivity contribution in [2.75, 3.05) is 20.2 Å². The van der Waals surface area contributed by atoms with E-state index in [1.54, 1.807) is 4.90 Å². The molecule has 1 aromatic rings. The van der Waals surface area contributed by atoms with Crippen LogP contribution in [0.4, 0.5) is 0 Å². The van der Waals surface area contributed by atoms with Crippen LogP contribution < -0.4 is 4.73 Å². The fraction of sp³-hybridized carbons (Fsp3) is 0.462. The average Bonchev–Trinajstić information content (AvgIpc) is 2.46. The van der Waals surface area contributed by atoms with Gasteiger partial charge in [-0.1, -0.05) is 0 Å². The quantitative estimate of drug-likeness (QED) is 0.439. The van der Waals surface area contributed by atoms with Gasteiger partial charge in [0.2, 0.25) is 0 Å². The summed E-state index contributed by atoms with van der Waals surface area (Å²) in [5.41, 5.74) is 0.489. The molecule has 0 radical (unpaired) electrons. The van der Waals surface area contributed by atoms with Crippen molar-refractivity contribution in [2.45, 2.75) is 12.8 Å². The lowest BCUT2D eigenvalue weighted by molar-refractivity contribution is -0.605. The summed E-state index contributed by atoms with van der Waals surface area (Å²) in [6.07, 6.45) is 3.84. The highest BCUT2D eigenvalue weighted by molar-refractivity contribution is 5.94. The van der Waals surface area contributed by atoms with Gasteiger partial charge in [-0.15, -0.1) is 0 Å². The second kappa shape index (κ2) is 5.69. The summed E-state index contributed by atoms with van der Waals surface area (Å²) in [6.45, 7) is 1.07. The molecule has 1 aliphatic rings. The first-order valence-electron chi connectivity index (χ1n) is 6.17. The van der Waals surface area contributed by atoms with Gasteiger partial charge in [0.05, 0.1) is 18.6 Å². The number of piperidine rings is 1. The molecule has 0 bridgehead atoms. The molecule has 1 amide bonds. The zero-order chi connectivity index (χ0) is 13.8. The van der Waals surface area contributed by atoms with E-state index in [1.165, 1.54) is 31.6 Å². The monoisotopic (exact) mass is 264 g/mol. The van der Waals surface area contributed by atoms with E-state index in [2.05, 4.69) is 0 Å². The van der Waals surface area contributed by atoms with E-state index in [-0.39, 0.29) is 17.8 Å². The first kappa shape index (κ1) is 13.3. The Labute approximate surface area is 111 Å². The van der Waals surface area contributed by atoms with Crippen molar-refractivity contribution in [1.29, 1.82) is 0 Å². The molecule has 1 saturated heterocycles. The number of hydrogen-bond donors (Lipinski definition) is 0. The molecule has 0 aliphatic carbocycles. The number of methoxy groups -OCH3 is 1. The highest BCUT2D eigenvalue weighted by Crippen LogP contribution is 2.19. The number of pyridine rings is 1. The van der Waals surface area contributed by atoms with Crippen LogP contribution in [0, 0.1) is 11.1 Å². The summed E-state index contributed by atoms with van der Waals surface area (Å²) in [6, 6.07) is 3.00. The minimum Gasteiger partial charge on any atom is -0.619 e. The molecule has 6 nitrogen and oxygen atoms in total. The number of hydrogen-bond acceptors (Lipinski definition) is 4. The third-order valence-corrected chi connectivity index (χ3v) is 3.37. The van der Waals surface area contributed by atoms with E-state index < -0.39 is 0 Å². The molecule has 2 rings (SSSR count). The van der Waals surface area contributed by atoms with Crippen molar-refractivity contribution in [2.24, 2.45) is 5.92 Å². The topological polar surface area (TPSA) is 73.5 Å². The Kier molecular flexibility index (Phi) is 3.99. The van der Waals surface area contributed by atoms with Crippen molar-refractivity contribution in [3.05, 3.63) is 35.3 Å². The maximum atomic E-state index is 12.2. The van der Waals surface area contributed by atoms with Gasteiger partial charge in [-0.3, -0.25) is 9.59 Å². The highest BCUT2D eigenvalue weighted by atomic mass is 16.5. The van der Waals surface area contributed by atoms with Crippen LogP contribution in [-0.2, 0) is 9.53 Å². The van der Waals surface area contributed by atoms with Crippen LogP contribution in [0.1, 0.15) is 23.2 Å². The lowest BCUT2D eigenvalue weighted by atomic mass is 9.96. The zero-order valence-electron chi connectivity index (χ0n) is 10.7. The zero-order valence-corrected chi connectivity index (χ0v) is 10.7. The summed E-state index contributed by atoms with van der Waals surface area (Å²) in [4.78, 5) is 25.2. The van der Waals surface area contributed by atoms with Gasteiger partial charge in [0.15, 0.2) is 12.4 Å². The number of esters is 1. The summed E-state index contributed by atoms with van der Waals surface area (Å²) in [5, 5.41) is 10.9. The Hall–Kier alpha value is -2.11. The van der Waals surface area contributed by atoms with E-state index in [0.29, 0.717) is 36.2 Å². The van der Waals surface area contributed by atoms with Gasteiger partial charge in [0.25, 0.3) is 5.91 Å². The molecular formula is C13H16N2O4. The molecule has 6 heteroatoms. The molecule has 1 aliphatic heterocycles. The van der Waals surface area contributed by atoms with Gasteiger partial charge in [0, 0.05) is 25.2 Å². The van der Waals surface area contributed by atoms with Crippen LogP contribution in [0.5, 0.6) is 0 Å². The predicted molar refractivity (Wildman–Crippen MR) is 66.0 cm³/mol. The third kappa shape index (κ3) is 3.01. The fourth-order valence-electron chi connectivity index (χ4n) is 2.22. The summed E-state index contributed by atoms with van der Waals surface area (Å²) >= 11 is 0. The van der Waals surface area contributed by atoms with Crippen molar-refractivity contribution >= 4 is 11.9 Å². The largest absolute Gasteiger partial charge is 0.619 e. The van der Waals surface area contributed by atoms with Gasteiger partial charge in [-0.05, 0) is 12.8 Å². The number of likely N-dealkylation sites (tertiary alicyclic amines) is 1. The summed E-state index contributed by atoms with van der Waals surface area (Å²) in [7, 11) is 1.38. The maximum absolute atomic E-state index is 12.2. The minimum atomic E-state index is -0.209. The number of aromatic nitrogens is 1. The maximum Gasteiger partial charge on any atom is 0.308 e. The number of ether oxygens (including phenoxy) is 1. The minimum absolute atomic E-state index is 0.107. The Morgan fingerprint density at radius 3 is 2.42 bits per heavy atom. The molecule has 0 atom stereocenters. The highest BCUT2D eigenvalue weighted by Gasteiger charge is 2.28. The molecule has 0 aromatic carbocycles. The van der Waals surface area contributed by atoms with Crippen molar-refractivity contribution in [3.63, 3.8) is 0 Å². The Balaban J connectivity index is 1.96. The third-order valence-electron chi connectivity index (χ3n) is 3.37. The number of amides is 1. The Morgan fingerprint density at radius 1 is 1.32 bits per heavy atom. The summed E-state index contributed by atoms with van der Waals surface area (Å²) < 4.78 is 5.34. The number of carbonyl (C=O) groups is 2. The first-order valence-corrected chi connectivity index (χ1v) is 6.17. The normalized spacial score (nSPS) is 16.2. The van der Waals surface area contributed by atoms with Crippen molar-refractivity contribution in [1.82, 2.24) is 4.90 Å². The Morgan fingerprint density at radius 2 is 1.89 bits per heavy atom. The molecular weight excluding hydrogens is 248 g/mol. The van der Waals surface area contributed by atoms with E-state index in [9.17, 15) is 14.8 Å². The van der Waals surface area contributed by atoms with E-state index in [1.807, 2.05) is 0 Å². The molecule has 1 aromatic heterocycles. The standard InChI is InChI=1S/C13H16N2O4/c1-19-13(17)11-2-6-14(7-3-11)12(16)10-4-8-15(18)9-5-10/h4-5,8-9,11H,2-3,6-7H2,1H3. The van der Waals surface area contributed by atoms with E-state index in [0.717, 1.165) is 0 Å². The smallest absolute Gasteiger partial charge is 0.308 e. The molecule has 0 spiro atoms. The number of carbonyl (C=O) groups excluding carboxylic acids is 2. The number of nitrogens with zero attached hydrogens (tertiary/aromatic N) is 2. The average molecular weight is 264 g/mol. The van der Waals surface area contributed by atoms with Crippen LogP contribution in [0.25, 0.3) is 0 Å². The predicted octanol–water partition coefficient (Wildman–Crippen LogP) is 0.345. The second-order valence-electron chi connectivity index (χ2n) is 4.54. The number of rotatable bonds is 2. The van der Waals surface area contributed by atoms with E-state index >= 15 is 0 Å². The van der Waals surface area contributed by atoms with Crippen LogP contribution in [0.3, 0.4) is 0 Å². The van der Waals surface area contributed by atoms with Crippen molar-refractivity contribution in [3.8, 4) is 0 Å². The fourth-order valence-corrected chi connectivity index (χ4v) is 2.22. The lowest BCUT2D eigenvalue weighted by Gasteiger charge is -2.30.